The van der Waals surface area contributed by atoms with Crippen LogP contribution < -0.4 is 5.32 Å². The van der Waals surface area contributed by atoms with Crippen molar-refractivity contribution in [1.29, 1.82) is 0 Å². The molecule has 0 aromatic heterocycles. The minimum atomic E-state index is -0.841. The van der Waals surface area contributed by atoms with Crippen LogP contribution >= 0.6 is 0 Å². The summed E-state index contributed by atoms with van der Waals surface area (Å²) in [4.78, 5) is 24.6. The molecule has 2 unspecified atom stereocenters. The SMILES string of the molecule is CCCCC/C=C\C/C=C\CCCCCCCC(=O)OCCCCCCCCCCCCCCCCCCCCCCCCCCCCCCCCCCCC(=O)NC(CO)C(O)/C=C/CCCCCCCCCCCCCCCC. The first-order valence-corrected chi connectivity index (χ1v) is 36.8. The van der Waals surface area contributed by atoms with Gasteiger partial charge in [-0.25, -0.2) is 0 Å². The Kier molecular flexibility index (Phi) is 68.9. The van der Waals surface area contributed by atoms with Crippen LogP contribution in [0.3, 0.4) is 0 Å². The molecule has 0 heterocycles. The molecule has 0 aromatic carbocycles. The lowest BCUT2D eigenvalue weighted by Gasteiger charge is -2.20. The van der Waals surface area contributed by atoms with Gasteiger partial charge in [0.2, 0.25) is 5.91 Å². The number of unbranched alkanes of at least 4 members (excludes halogenated alkanes) is 54. The zero-order valence-corrected chi connectivity index (χ0v) is 54.8. The number of esters is 1. The largest absolute Gasteiger partial charge is 0.466 e. The molecule has 0 aromatic rings. The minimum absolute atomic E-state index is 0.00777. The summed E-state index contributed by atoms with van der Waals surface area (Å²) < 4.78 is 5.49. The lowest BCUT2D eigenvalue weighted by molar-refractivity contribution is -0.143. The Hall–Kier alpha value is -1.92. The number of hydrogen-bond donors (Lipinski definition) is 3. The average molecular weight is 1140 g/mol. The lowest BCUT2D eigenvalue weighted by atomic mass is 10.0. The first-order chi connectivity index (χ1) is 40.0. The third-order valence-corrected chi connectivity index (χ3v) is 17.2. The van der Waals surface area contributed by atoms with Crippen LogP contribution in [-0.2, 0) is 14.3 Å². The molecular weight excluding hydrogens is 995 g/mol. The van der Waals surface area contributed by atoms with Crippen LogP contribution in [0.2, 0.25) is 0 Å². The molecule has 0 spiro atoms. The van der Waals surface area contributed by atoms with Crippen LogP contribution in [0.15, 0.2) is 36.5 Å². The smallest absolute Gasteiger partial charge is 0.305 e. The average Bonchev–Trinajstić information content (AvgIpc) is 3.47. The fraction of sp³-hybridized carbons (Fsp3) is 0.893. The maximum absolute atomic E-state index is 12.5. The monoisotopic (exact) mass is 1140 g/mol. The fourth-order valence-electron chi connectivity index (χ4n) is 11.6. The maximum atomic E-state index is 12.5. The summed E-state index contributed by atoms with van der Waals surface area (Å²) in [6, 6.07) is -0.624. The normalized spacial score (nSPS) is 12.7. The third-order valence-electron chi connectivity index (χ3n) is 17.2. The van der Waals surface area contributed by atoms with Crippen LogP contribution in [0, 0.1) is 0 Å². The van der Waals surface area contributed by atoms with Crippen LogP contribution in [0.4, 0.5) is 0 Å². The predicted molar refractivity (Wildman–Crippen MR) is 356 cm³/mol. The molecule has 6 nitrogen and oxygen atoms in total. The molecule has 478 valence electrons. The van der Waals surface area contributed by atoms with E-state index in [2.05, 4.69) is 43.5 Å². The van der Waals surface area contributed by atoms with Gasteiger partial charge in [0.15, 0.2) is 0 Å². The summed E-state index contributed by atoms with van der Waals surface area (Å²) in [6.07, 6.45) is 91.0. The van der Waals surface area contributed by atoms with Crippen molar-refractivity contribution in [2.45, 2.75) is 418 Å². The molecule has 81 heavy (non-hydrogen) atoms. The summed E-state index contributed by atoms with van der Waals surface area (Å²) in [5.41, 5.74) is 0. The molecule has 0 fully saturated rings. The van der Waals surface area contributed by atoms with Crippen molar-refractivity contribution in [2.75, 3.05) is 13.2 Å². The van der Waals surface area contributed by atoms with Gasteiger partial charge in [-0.05, 0) is 64.2 Å². The topological polar surface area (TPSA) is 95.9 Å². The maximum Gasteiger partial charge on any atom is 0.305 e. The highest BCUT2D eigenvalue weighted by Crippen LogP contribution is 2.19. The van der Waals surface area contributed by atoms with Gasteiger partial charge in [-0.3, -0.25) is 9.59 Å². The van der Waals surface area contributed by atoms with Crippen molar-refractivity contribution in [3.05, 3.63) is 36.5 Å². The van der Waals surface area contributed by atoms with Gasteiger partial charge in [-0.2, -0.15) is 0 Å². The van der Waals surface area contributed by atoms with Crippen LogP contribution in [0.1, 0.15) is 406 Å². The number of rotatable bonds is 69. The second-order valence-corrected chi connectivity index (χ2v) is 25.3. The third kappa shape index (κ3) is 67.1. The van der Waals surface area contributed by atoms with E-state index in [1.165, 1.54) is 327 Å². The first kappa shape index (κ1) is 79.1. The predicted octanol–water partition coefficient (Wildman–Crippen LogP) is 23.9. The molecule has 3 N–H and O–H groups in total. The zero-order valence-electron chi connectivity index (χ0n) is 54.8. The van der Waals surface area contributed by atoms with E-state index in [1.54, 1.807) is 6.08 Å². The highest BCUT2D eigenvalue weighted by Gasteiger charge is 2.18. The number of carbonyl (C=O) groups excluding carboxylic acids is 2. The van der Waals surface area contributed by atoms with Crippen molar-refractivity contribution >= 4 is 11.9 Å². The Morgan fingerprint density at radius 2 is 0.617 bits per heavy atom. The summed E-state index contributed by atoms with van der Waals surface area (Å²) >= 11 is 0. The molecule has 0 aliphatic heterocycles. The van der Waals surface area contributed by atoms with E-state index in [9.17, 15) is 19.8 Å². The van der Waals surface area contributed by atoms with Crippen molar-refractivity contribution < 1.29 is 24.5 Å². The van der Waals surface area contributed by atoms with Crippen LogP contribution in [0.5, 0.6) is 0 Å². The van der Waals surface area contributed by atoms with E-state index in [-0.39, 0.29) is 18.5 Å². The number of amides is 1. The molecule has 0 saturated carbocycles. The molecular formula is C75H143NO5. The van der Waals surface area contributed by atoms with Gasteiger partial charge in [0.05, 0.1) is 25.4 Å². The number of carbonyl (C=O) groups is 2. The molecule has 0 saturated heterocycles. The van der Waals surface area contributed by atoms with Crippen molar-refractivity contribution in [2.24, 2.45) is 0 Å². The Balaban J connectivity index is 3.33. The second-order valence-electron chi connectivity index (χ2n) is 25.3. The van der Waals surface area contributed by atoms with E-state index in [4.69, 9.17) is 4.74 Å². The van der Waals surface area contributed by atoms with Crippen molar-refractivity contribution in [1.82, 2.24) is 5.32 Å². The van der Waals surface area contributed by atoms with Gasteiger partial charge >= 0.3 is 5.97 Å². The Labute approximate surface area is 506 Å². The van der Waals surface area contributed by atoms with Crippen LogP contribution in [0.25, 0.3) is 0 Å². The fourth-order valence-corrected chi connectivity index (χ4v) is 11.6. The Bertz CT molecular complexity index is 1310. The second kappa shape index (κ2) is 70.6. The van der Waals surface area contributed by atoms with Crippen molar-refractivity contribution in [3.8, 4) is 0 Å². The standard InChI is InChI=1S/C75H143NO5/c1-3-5-7-9-11-13-15-17-19-40-43-47-51-55-59-63-67-73(78)72(71-77)76-74(79)68-64-60-56-52-48-44-41-37-35-33-31-29-27-25-23-21-20-22-24-26-28-30-32-34-36-38-42-46-50-54-58-62-66-70-81-75(80)69-65-61-57-53-49-45-39-18-16-14-12-10-8-6-4-2/h12,14,18,39,63,67,72-73,77-78H,3-11,13,15-17,19-38,40-62,64-66,68-71H2,1-2H3,(H,76,79)/b14-12-,39-18-,67-63+. The zero-order chi connectivity index (χ0) is 58.5. The lowest BCUT2D eigenvalue weighted by Crippen LogP contribution is -2.45. The minimum Gasteiger partial charge on any atom is -0.466 e. The van der Waals surface area contributed by atoms with Crippen molar-refractivity contribution in [3.63, 3.8) is 0 Å². The molecule has 0 bridgehead atoms. The summed E-state index contributed by atoms with van der Waals surface area (Å²) in [5, 5.41) is 23.2. The summed E-state index contributed by atoms with van der Waals surface area (Å²) in [5.74, 6) is -0.0527. The number of aliphatic hydroxyl groups is 2. The summed E-state index contributed by atoms with van der Waals surface area (Å²) in [7, 11) is 0. The molecule has 2 atom stereocenters. The van der Waals surface area contributed by atoms with E-state index in [0.29, 0.717) is 19.4 Å². The molecule has 0 aliphatic carbocycles. The van der Waals surface area contributed by atoms with E-state index in [0.717, 1.165) is 51.4 Å². The first-order valence-electron chi connectivity index (χ1n) is 36.8. The highest BCUT2D eigenvalue weighted by molar-refractivity contribution is 5.76. The Morgan fingerprint density at radius 3 is 0.963 bits per heavy atom. The number of hydrogen-bond acceptors (Lipinski definition) is 5. The molecule has 0 radical (unpaired) electrons. The number of nitrogens with one attached hydrogen (secondary N) is 1. The van der Waals surface area contributed by atoms with Crippen LogP contribution in [-0.4, -0.2) is 47.4 Å². The van der Waals surface area contributed by atoms with Gasteiger partial charge in [-0.1, -0.05) is 365 Å². The molecule has 6 heteroatoms. The highest BCUT2D eigenvalue weighted by atomic mass is 16.5. The van der Waals surface area contributed by atoms with Gasteiger partial charge in [-0.15, -0.1) is 0 Å². The van der Waals surface area contributed by atoms with Gasteiger partial charge in [0.1, 0.15) is 0 Å². The Morgan fingerprint density at radius 1 is 0.346 bits per heavy atom. The summed E-state index contributed by atoms with van der Waals surface area (Å²) in [6.45, 7) is 4.91. The number of aliphatic hydroxyl groups excluding tert-OH is 2. The number of allylic oxidation sites excluding steroid dienone is 5. The van der Waals surface area contributed by atoms with Gasteiger partial charge < -0.3 is 20.3 Å². The van der Waals surface area contributed by atoms with E-state index < -0.39 is 12.1 Å². The number of ether oxygens (including phenoxy) is 1. The van der Waals surface area contributed by atoms with E-state index in [1.807, 2.05) is 6.08 Å². The van der Waals surface area contributed by atoms with E-state index >= 15 is 0 Å². The quantitative estimate of drug-likeness (QED) is 0.0320. The van der Waals surface area contributed by atoms with Gasteiger partial charge in [0, 0.05) is 12.8 Å². The molecule has 0 aliphatic rings. The molecule has 0 rings (SSSR count). The molecule has 1 amide bonds. The van der Waals surface area contributed by atoms with Gasteiger partial charge in [0.25, 0.3) is 0 Å².